The highest BCUT2D eigenvalue weighted by atomic mass is 16.5. The van der Waals surface area contributed by atoms with Gasteiger partial charge in [-0.3, -0.25) is 4.99 Å². The first kappa shape index (κ1) is 18.7. The van der Waals surface area contributed by atoms with Crippen molar-refractivity contribution in [2.24, 2.45) is 4.99 Å². The van der Waals surface area contributed by atoms with Gasteiger partial charge in [0.15, 0.2) is 5.96 Å². The first-order valence-corrected chi connectivity index (χ1v) is 9.55. The van der Waals surface area contributed by atoms with E-state index in [0.717, 1.165) is 64.6 Å². The molecule has 2 heterocycles. The van der Waals surface area contributed by atoms with Gasteiger partial charge in [0.1, 0.15) is 0 Å². The molecule has 2 aromatic rings. The first-order chi connectivity index (χ1) is 12.9. The van der Waals surface area contributed by atoms with Gasteiger partial charge < -0.3 is 25.1 Å². The summed E-state index contributed by atoms with van der Waals surface area (Å²) in [5.41, 5.74) is 2.52. The molecule has 142 valence electrons. The smallest absolute Gasteiger partial charge is 0.190 e. The average molecular weight is 358 g/mol. The molecule has 0 bridgehead atoms. The maximum absolute atomic E-state index is 5.89. The zero-order valence-corrected chi connectivity index (χ0v) is 15.6. The van der Waals surface area contributed by atoms with Gasteiger partial charge in [-0.1, -0.05) is 18.2 Å². The minimum absolute atomic E-state index is 0.373. The Hall–Kier alpha value is -2.05. The number of ether oxygens (including phenoxy) is 2. The number of aromatic amines is 1. The van der Waals surface area contributed by atoms with Gasteiger partial charge in [0.2, 0.25) is 0 Å². The minimum Gasteiger partial charge on any atom is -0.381 e. The van der Waals surface area contributed by atoms with Gasteiger partial charge in [-0.2, -0.15) is 0 Å². The molecule has 0 atom stereocenters. The lowest BCUT2D eigenvalue weighted by Crippen LogP contribution is -2.39. The lowest BCUT2D eigenvalue weighted by molar-refractivity contribution is -0.0320. The Kier molecular flexibility index (Phi) is 7.34. The Balaban J connectivity index is 1.30. The Labute approximate surface area is 155 Å². The van der Waals surface area contributed by atoms with E-state index in [-0.39, 0.29) is 0 Å². The number of fused-ring (bicyclic) bond motifs is 1. The van der Waals surface area contributed by atoms with Crippen LogP contribution in [0.5, 0.6) is 0 Å². The van der Waals surface area contributed by atoms with E-state index in [1.165, 1.54) is 16.5 Å². The number of rotatable bonds is 8. The summed E-state index contributed by atoms with van der Waals surface area (Å²) in [6, 6.07) is 8.40. The van der Waals surface area contributed by atoms with E-state index < -0.39 is 0 Å². The van der Waals surface area contributed by atoms with Crippen LogP contribution >= 0.6 is 0 Å². The molecule has 0 spiro atoms. The van der Waals surface area contributed by atoms with Crippen molar-refractivity contribution < 1.29 is 9.47 Å². The molecule has 1 aliphatic heterocycles. The Morgan fingerprint density at radius 1 is 1.23 bits per heavy atom. The number of para-hydroxylation sites is 1. The second-order valence-electron chi connectivity index (χ2n) is 6.57. The summed E-state index contributed by atoms with van der Waals surface area (Å²) in [6.07, 6.45) is 6.43. The first-order valence-electron chi connectivity index (χ1n) is 9.55. The molecule has 26 heavy (non-hydrogen) atoms. The number of aliphatic imine (C=N–C) groups is 1. The molecule has 1 aromatic carbocycles. The quantitative estimate of drug-likeness (QED) is 0.385. The van der Waals surface area contributed by atoms with Crippen LogP contribution < -0.4 is 10.6 Å². The summed E-state index contributed by atoms with van der Waals surface area (Å²) in [7, 11) is 1.81. The van der Waals surface area contributed by atoms with Crippen molar-refractivity contribution in [2.45, 2.75) is 31.8 Å². The number of aromatic nitrogens is 1. The van der Waals surface area contributed by atoms with Crippen molar-refractivity contribution in [3.63, 3.8) is 0 Å². The van der Waals surface area contributed by atoms with E-state index in [1.807, 2.05) is 0 Å². The van der Waals surface area contributed by atoms with E-state index in [0.29, 0.717) is 6.10 Å². The third-order valence-corrected chi connectivity index (χ3v) is 4.72. The topological polar surface area (TPSA) is 70.7 Å². The Morgan fingerprint density at radius 3 is 2.88 bits per heavy atom. The van der Waals surface area contributed by atoms with Gasteiger partial charge in [-0.05, 0) is 37.3 Å². The highest BCUT2D eigenvalue weighted by molar-refractivity contribution is 5.83. The van der Waals surface area contributed by atoms with Gasteiger partial charge in [-0.15, -0.1) is 0 Å². The summed E-state index contributed by atoms with van der Waals surface area (Å²) in [5, 5.41) is 8.03. The molecule has 1 aliphatic rings. The third-order valence-electron chi connectivity index (χ3n) is 4.72. The Morgan fingerprint density at radius 2 is 2.04 bits per heavy atom. The maximum atomic E-state index is 5.89. The normalized spacial score (nSPS) is 16.1. The number of H-pyrrole nitrogens is 1. The van der Waals surface area contributed by atoms with Crippen LogP contribution in [0.25, 0.3) is 10.9 Å². The van der Waals surface area contributed by atoms with E-state index in [1.54, 1.807) is 7.05 Å². The number of hydrogen-bond donors (Lipinski definition) is 3. The zero-order chi connectivity index (χ0) is 18.0. The standard InChI is InChI=1S/C20H30N4O2/c1-21-20(22-10-4-12-26-17-8-13-25-14-9-17)23-11-7-16-15-24-19-6-3-2-5-18(16)19/h2-3,5-6,15,17,24H,4,7-14H2,1H3,(H2,21,22,23). The number of guanidine groups is 1. The van der Waals surface area contributed by atoms with Gasteiger partial charge >= 0.3 is 0 Å². The maximum Gasteiger partial charge on any atom is 0.190 e. The van der Waals surface area contributed by atoms with Gasteiger partial charge in [0.25, 0.3) is 0 Å². The van der Waals surface area contributed by atoms with E-state index >= 15 is 0 Å². The van der Waals surface area contributed by atoms with Crippen molar-refractivity contribution in [3.8, 4) is 0 Å². The van der Waals surface area contributed by atoms with E-state index in [2.05, 4.69) is 51.1 Å². The fourth-order valence-electron chi connectivity index (χ4n) is 3.25. The van der Waals surface area contributed by atoms with Crippen molar-refractivity contribution in [2.75, 3.05) is 40.0 Å². The van der Waals surface area contributed by atoms with Gasteiger partial charge in [0.05, 0.1) is 6.10 Å². The predicted octanol–water partition coefficient (Wildman–Crippen LogP) is 2.46. The molecule has 0 aliphatic carbocycles. The summed E-state index contributed by atoms with van der Waals surface area (Å²) < 4.78 is 11.2. The second-order valence-corrected chi connectivity index (χ2v) is 6.57. The highest BCUT2D eigenvalue weighted by Gasteiger charge is 2.13. The second kappa shape index (κ2) is 10.2. The monoisotopic (exact) mass is 358 g/mol. The van der Waals surface area contributed by atoms with Crippen LogP contribution in [0.4, 0.5) is 0 Å². The molecular weight excluding hydrogens is 328 g/mol. The van der Waals surface area contributed by atoms with E-state index in [4.69, 9.17) is 9.47 Å². The van der Waals surface area contributed by atoms with Gasteiger partial charge in [-0.25, -0.2) is 0 Å². The van der Waals surface area contributed by atoms with Gasteiger partial charge in [0, 0.05) is 57.1 Å². The molecule has 1 saturated heterocycles. The number of nitrogens with one attached hydrogen (secondary N) is 3. The molecule has 6 nitrogen and oxygen atoms in total. The molecule has 1 fully saturated rings. The fraction of sp³-hybridized carbons (Fsp3) is 0.550. The van der Waals surface area contributed by atoms with Crippen molar-refractivity contribution in [1.82, 2.24) is 15.6 Å². The van der Waals surface area contributed by atoms with Crippen LogP contribution in [0.2, 0.25) is 0 Å². The summed E-state index contributed by atoms with van der Waals surface area (Å²) in [6.45, 7) is 4.14. The molecule has 6 heteroatoms. The predicted molar refractivity (Wildman–Crippen MR) is 106 cm³/mol. The lowest BCUT2D eigenvalue weighted by atomic mass is 10.1. The molecule has 0 saturated carbocycles. The zero-order valence-electron chi connectivity index (χ0n) is 15.6. The van der Waals surface area contributed by atoms with E-state index in [9.17, 15) is 0 Å². The van der Waals surface area contributed by atoms with Crippen LogP contribution in [0.3, 0.4) is 0 Å². The molecular formula is C20H30N4O2. The highest BCUT2D eigenvalue weighted by Crippen LogP contribution is 2.17. The van der Waals surface area contributed by atoms with Crippen molar-refractivity contribution >= 4 is 16.9 Å². The molecule has 0 radical (unpaired) electrons. The van der Waals surface area contributed by atoms with Crippen LogP contribution in [0.15, 0.2) is 35.5 Å². The summed E-state index contributed by atoms with van der Waals surface area (Å²) >= 11 is 0. The summed E-state index contributed by atoms with van der Waals surface area (Å²) in [4.78, 5) is 7.61. The van der Waals surface area contributed by atoms with Crippen LogP contribution in [0.1, 0.15) is 24.8 Å². The van der Waals surface area contributed by atoms with Crippen LogP contribution in [-0.2, 0) is 15.9 Å². The average Bonchev–Trinajstić information content (AvgIpc) is 3.10. The van der Waals surface area contributed by atoms with Crippen LogP contribution in [-0.4, -0.2) is 57.0 Å². The number of hydrogen-bond acceptors (Lipinski definition) is 3. The largest absolute Gasteiger partial charge is 0.381 e. The SMILES string of the molecule is CN=C(NCCCOC1CCOCC1)NCCc1c[nH]c2ccccc12. The number of benzene rings is 1. The number of nitrogens with zero attached hydrogens (tertiary/aromatic N) is 1. The molecule has 3 N–H and O–H groups in total. The molecule has 3 rings (SSSR count). The van der Waals surface area contributed by atoms with Crippen molar-refractivity contribution in [3.05, 3.63) is 36.0 Å². The molecule has 1 aromatic heterocycles. The van der Waals surface area contributed by atoms with Crippen molar-refractivity contribution in [1.29, 1.82) is 0 Å². The Bertz CT molecular complexity index is 692. The molecule has 0 amide bonds. The summed E-state index contributed by atoms with van der Waals surface area (Å²) in [5.74, 6) is 0.843. The fourth-order valence-corrected chi connectivity index (χ4v) is 3.25. The lowest BCUT2D eigenvalue weighted by Gasteiger charge is -2.22. The van der Waals surface area contributed by atoms with Crippen LogP contribution in [0, 0.1) is 0 Å². The third kappa shape index (κ3) is 5.47. The molecule has 0 unspecified atom stereocenters. The minimum atomic E-state index is 0.373.